The van der Waals surface area contributed by atoms with E-state index in [-0.39, 0.29) is 31.1 Å². The molecule has 0 radical (unpaired) electrons. The zero-order chi connectivity index (χ0) is 46.3. The van der Waals surface area contributed by atoms with Gasteiger partial charge in [-0.15, -0.1) is 0 Å². The number of unbranched alkanes of at least 4 members (excludes halogenated alkanes) is 31. The van der Waals surface area contributed by atoms with Crippen LogP contribution in [0.4, 0.5) is 0 Å². The van der Waals surface area contributed by atoms with Crippen molar-refractivity contribution in [2.45, 2.75) is 317 Å². The van der Waals surface area contributed by atoms with E-state index in [1.54, 1.807) is 0 Å². The van der Waals surface area contributed by atoms with E-state index in [0.29, 0.717) is 19.3 Å². The lowest BCUT2D eigenvalue weighted by molar-refractivity contribution is -0.167. The Bertz CT molecular complexity index is 980. The second-order valence-electron chi connectivity index (χ2n) is 20.5. The van der Waals surface area contributed by atoms with Crippen molar-refractivity contribution in [2.24, 2.45) is 17.8 Å². The molecule has 6 heteroatoms. The van der Waals surface area contributed by atoms with Crippen LogP contribution >= 0.6 is 0 Å². The third-order valence-electron chi connectivity index (χ3n) is 13.6. The summed E-state index contributed by atoms with van der Waals surface area (Å²) in [6.07, 6.45) is 49.3. The zero-order valence-corrected chi connectivity index (χ0v) is 43.4. The Kier molecular flexibility index (Phi) is 47.1. The maximum Gasteiger partial charge on any atom is 0.306 e. The normalized spacial score (nSPS) is 13.0. The highest BCUT2D eigenvalue weighted by Gasteiger charge is 2.19. The van der Waals surface area contributed by atoms with Gasteiger partial charge in [0.1, 0.15) is 13.2 Å². The van der Waals surface area contributed by atoms with Crippen molar-refractivity contribution < 1.29 is 28.6 Å². The van der Waals surface area contributed by atoms with Gasteiger partial charge in [0.25, 0.3) is 0 Å². The number of ether oxygens (including phenoxy) is 3. The average Bonchev–Trinajstić information content (AvgIpc) is 3.27. The first kappa shape index (κ1) is 61.4. The molecule has 374 valence electrons. The highest BCUT2D eigenvalue weighted by atomic mass is 16.6. The molecule has 0 aromatic heterocycles. The highest BCUT2D eigenvalue weighted by molar-refractivity contribution is 5.71. The third kappa shape index (κ3) is 48.2. The first-order valence-corrected chi connectivity index (χ1v) is 28.2. The summed E-state index contributed by atoms with van der Waals surface area (Å²) in [4.78, 5) is 38.1. The van der Waals surface area contributed by atoms with Gasteiger partial charge >= 0.3 is 17.9 Å². The summed E-state index contributed by atoms with van der Waals surface area (Å²) < 4.78 is 16.9. The van der Waals surface area contributed by atoms with Crippen LogP contribution < -0.4 is 0 Å². The van der Waals surface area contributed by atoms with E-state index < -0.39 is 6.10 Å². The number of hydrogen-bond acceptors (Lipinski definition) is 6. The van der Waals surface area contributed by atoms with Crippen LogP contribution in [-0.2, 0) is 28.6 Å². The van der Waals surface area contributed by atoms with Gasteiger partial charge in [-0.2, -0.15) is 0 Å². The maximum absolute atomic E-state index is 12.8. The van der Waals surface area contributed by atoms with Crippen LogP contribution in [0.1, 0.15) is 311 Å². The second kappa shape index (κ2) is 48.3. The minimum absolute atomic E-state index is 0.0640. The minimum atomic E-state index is -0.763. The minimum Gasteiger partial charge on any atom is -0.462 e. The molecule has 0 heterocycles. The van der Waals surface area contributed by atoms with Gasteiger partial charge in [-0.05, 0) is 37.0 Å². The van der Waals surface area contributed by atoms with Crippen LogP contribution in [0.25, 0.3) is 0 Å². The molecule has 6 nitrogen and oxygen atoms in total. The van der Waals surface area contributed by atoms with Crippen LogP contribution in [0.3, 0.4) is 0 Å². The van der Waals surface area contributed by atoms with Crippen LogP contribution in [0.5, 0.6) is 0 Å². The van der Waals surface area contributed by atoms with Crippen molar-refractivity contribution in [3.63, 3.8) is 0 Å². The van der Waals surface area contributed by atoms with Crippen molar-refractivity contribution in [1.82, 2.24) is 0 Å². The van der Waals surface area contributed by atoms with Gasteiger partial charge in [-0.3, -0.25) is 14.4 Å². The lowest BCUT2D eigenvalue weighted by atomic mass is 9.99. The molecule has 3 atom stereocenters. The molecule has 0 spiro atoms. The molecule has 2 unspecified atom stereocenters. The predicted octanol–water partition coefficient (Wildman–Crippen LogP) is 18.3. The molecule has 0 saturated heterocycles. The maximum atomic E-state index is 12.8. The Hall–Kier alpha value is -1.59. The standard InChI is InChI=1S/C57H110O6/c1-7-52(5)44-38-32-26-20-13-11-9-10-12-14-22-28-34-40-46-55(58)61-49-54(50-62-56(59)47-41-35-29-23-17-15-19-25-31-37-43-51(3)4)63-57(60)48-42-36-30-24-18-16-21-27-33-39-45-53(6)8-2/h51-54H,7-50H2,1-6H3/t52?,53?,54-/m1/s1. The van der Waals surface area contributed by atoms with Crippen molar-refractivity contribution in [3.8, 4) is 0 Å². The van der Waals surface area contributed by atoms with Gasteiger partial charge < -0.3 is 14.2 Å². The number of carbonyl (C=O) groups is 3. The van der Waals surface area contributed by atoms with Gasteiger partial charge in [-0.25, -0.2) is 0 Å². The van der Waals surface area contributed by atoms with E-state index in [4.69, 9.17) is 14.2 Å². The first-order chi connectivity index (χ1) is 30.7. The van der Waals surface area contributed by atoms with Gasteiger partial charge in [0.2, 0.25) is 0 Å². The quantitative estimate of drug-likeness (QED) is 0.0344. The fourth-order valence-electron chi connectivity index (χ4n) is 8.58. The smallest absolute Gasteiger partial charge is 0.306 e. The average molecular weight is 892 g/mol. The zero-order valence-electron chi connectivity index (χ0n) is 43.4. The van der Waals surface area contributed by atoms with Crippen LogP contribution in [-0.4, -0.2) is 37.2 Å². The number of rotatable bonds is 50. The molecule has 0 saturated carbocycles. The Labute approximate surface area is 393 Å². The van der Waals surface area contributed by atoms with Crippen molar-refractivity contribution in [1.29, 1.82) is 0 Å². The molecule has 0 fully saturated rings. The molecular formula is C57H110O6. The molecule has 63 heavy (non-hydrogen) atoms. The predicted molar refractivity (Wildman–Crippen MR) is 270 cm³/mol. The third-order valence-corrected chi connectivity index (χ3v) is 13.6. The van der Waals surface area contributed by atoms with Crippen LogP contribution in [0.2, 0.25) is 0 Å². The second-order valence-corrected chi connectivity index (χ2v) is 20.5. The fourth-order valence-corrected chi connectivity index (χ4v) is 8.58. The summed E-state index contributed by atoms with van der Waals surface area (Å²) in [6.45, 7) is 13.8. The van der Waals surface area contributed by atoms with Crippen LogP contribution in [0.15, 0.2) is 0 Å². The summed E-state index contributed by atoms with van der Waals surface area (Å²) in [5.74, 6) is 1.73. The van der Waals surface area contributed by atoms with E-state index >= 15 is 0 Å². The van der Waals surface area contributed by atoms with Crippen LogP contribution in [0, 0.1) is 17.8 Å². The van der Waals surface area contributed by atoms with E-state index in [1.807, 2.05) is 0 Å². The highest BCUT2D eigenvalue weighted by Crippen LogP contribution is 2.19. The van der Waals surface area contributed by atoms with Gasteiger partial charge in [0.15, 0.2) is 6.10 Å². The summed E-state index contributed by atoms with van der Waals surface area (Å²) in [5.41, 5.74) is 0. The molecule has 0 N–H and O–H groups in total. The van der Waals surface area contributed by atoms with E-state index in [0.717, 1.165) is 75.5 Å². The number of hydrogen-bond donors (Lipinski definition) is 0. The van der Waals surface area contributed by atoms with E-state index in [2.05, 4.69) is 41.5 Å². The molecule has 0 aliphatic rings. The molecule has 0 aromatic rings. The van der Waals surface area contributed by atoms with E-state index in [9.17, 15) is 14.4 Å². The van der Waals surface area contributed by atoms with Gasteiger partial charge in [0, 0.05) is 19.3 Å². The topological polar surface area (TPSA) is 78.9 Å². The lowest BCUT2D eigenvalue weighted by Gasteiger charge is -2.18. The summed E-state index contributed by atoms with van der Waals surface area (Å²) in [5, 5.41) is 0. The van der Waals surface area contributed by atoms with Crippen molar-refractivity contribution in [3.05, 3.63) is 0 Å². The summed E-state index contributed by atoms with van der Waals surface area (Å²) >= 11 is 0. The number of esters is 3. The van der Waals surface area contributed by atoms with Crippen molar-refractivity contribution in [2.75, 3.05) is 13.2 Å². The molecular weight excluding hydrogens is 781 g/mol. The van der Waals surface area contributed by atoms with Gasteiger partial charge in [-0.1, -0.05) is 273 Å². The molecule has 0 aliphatic heterocycles. The molecule has 0 aromatic carbocycles. The molecule has 0 aliphatic carbocycles. The molecule has 0 amide bonds. The van der Waals surface area contributed by atoms with E-state index in [1.165, 1.54) is 193 Å². The summed E-state index contributed by atoms with van der Waals surface area (Å²) in [7, 11) is 0. The number of carbonyl (C=O) groups excluding carboxylic acids is 3. The monoisotopic (exact) mass is 891 g/mol. The molecule has 0 rings (SSSR count). The molecule has 0 bridgehead atoms. The van der Waals surface area contributed by atoms with Gasteiger partial charge in [0.05, 0.1) is 0 Å². The Morgan fingerprint density at radius 2 is 0.556 bits per heavy atom. The largest absolute Gasteiger partial charge is 0.462 e. The lowest BCUT2D eigenvalue weighted by Crippen LogP contribution is -2.30. The van der Waals surface area contributed by atoms with Crippen molar-refractivity contribution >= 4 is 17.9 Å². The SMILES string of the molecule is CCC(C)CCCCCCCCCCCCCCCCC(=O)OC[C@H](COC(=O)CCCCCCCCCCCCC(C)C)OC(=O)CCCCCCCCCCCCC(C)CC. The fraction of sp³-hybridized carbons (Fsp3) is 0.947. The Balaban J connectivity index is 4.30. The first-order valence-electron chi connectivity index (χ1n) is 28.2. The Morgan fingerprint density at radius 3 is 0.825 bits per heavy atom. The Morgan fingerprint density at radius 1 is 0.317 bits per heavy atom. The summed E-state index contributed by atoms with van der Waals surface area (Å²) in [6, 6.07) is 0.